The van der Waals surface area contributed by atoms with Crippen LogP contribution in [0, 0.1) is 0 Å². The Morgan fingerprint density at radius 3 is 2.61 bits per heavy atom. The number of sulfonamides is 1. The number of hydrogen-bond acceptors (Lipinski definition) is 3. The van der Waals surface area contributed by atoms with Gasteiger partial charge in [0.05, 0.1) is 10.8 Å². The molecule has 1 heterocycles. The van der Waals surface area contributed by atoms with Gasteiger partial charge in [0.2, 0.25) is 10.0 Å². The van der Waals surface area contributed by atoms with E-state index in [0.29, 0.717) is 0 Å². The minimum atomic E-state index is -4.36. The number of nitrogens with zero attached hydrogens (tertiary/aromatic N) is 1. The summed E-state index contributed by atoms with van der Waals surface area (Å²) in [5.41, 5.74) is 0. The van der Waals surface area contributed by atoms with Gasteiger partial charge in [0.15, 0.2) is 5.82 Å². The van der Waals surface area contributed by atoms with Gasteiger partial charge in [0.25, 0.3) is 0 Å². The molecule has 102 valence electrons. The predicted octanol–water partition coefficient (Wildman–Crippen LogP) is 2.82. The van der Waals surface area contributed by atoms with Gasteiger partial charge in [-0.1, -0.05) is 11.6 Å². The SMILES string of the molecule is O=S(=O)(CCCC(F)(F)F)Nc1ncccc1Cl. The summed E-state index contributed by atoms with van der Waals surface area (Å²) in [5, 5.41) is 0.0805. The highest BCUT2D eigenvalue weighted by Crippen LogP contribution is 2.23. The Kier molecular flexibility index (Phi) is 4.80. The zero-order chi connectivity index (χ0) is 13.8. The molecule has 0 fully saturated rings. The summed E-state index contributed by atoms with van der Waals surface area (Å²) in [4.78, 5) is 3.68. The maximum Gasteiger partial charge on any atom is 0.389 e. The first-order valence-corrected chi connectivity index (χ1v) is 6.90. The Morgan fingerprint density at radius 1 is 1.39 bits per heavy atom. The molecule has 0 spiro atoms. The number of nitrogens with one attached hydrogen (secondary N) is 1. The standard InChI is InChI=1S/C9H10ClF3N2O2S/c10-7-3-1-5-14-8(7)15-18(16,17)6-2-4-9(11,12)13/h1,3,5H,2,4,6H2,(H,14,15). The van der Waals surface area contributed by atoms with E-state index in [4.69, 9.17) is 11.6 Å². The van der Waals surface area contributed by atoms with Crippen molar-refractivity contribution in [2.75, 3.05) is 10.5 Å². The summed E-state index contributed by atoms with van der Waals surface area (Å²) in [6.45, 7) is 0. The lowest BCUT2D eigenvalue weighted by Gasteiger charge is -2.09. The zero-order valence-electron chi connectivity index (χ0n) is 9.04. The van der Waals surface area contributed by atoms with Gasteiger partial charge in [0.1, 0.15) is 0 Å². The Labute approximate surface area is 107 Å². The van der Waals surface area contributed by atoms with Crippen molar-refractivity contribution in [3.8, 4) is 0 Å². The number of aromatic nitrogens is 1. The molecule has 0 radical (unpaired) electrons. The fraction of sp³-hybridized carbons (Fsp3) is 0.444. The Bertz CT molecular complexity index is 505. The summed E-state index contributed by atoms with van der Waals surface area (Å²) in [6, 6.07) is 2.92. The van der Waals surface area contributed by atoms with E-state index in [1.807, 2.05) is 4.72 Å². The van der Waals surface area contributed by atoms with E-state index in [9.17, 15) is 21.6 Å². The van der Waals surface area contributed by atoms with Crippen LogP contribution in [0.15, 0.2) is 18.3 Å². The van der Waals surface area contributed by atoms with E-state index in [1.165, 1.54) is 18.3 Å². The largest absolute Gasteiger partial charge is 0.389 e. The minimum absolute atomic E-state index is 0.0805. The van der Waals surface area contributed by atoms with Crippen LogP contribution < -0.4 is 4.72 Å². The van der Waals surface area contributed by atoms with Gasteiger partial charge < -0.3 is 0 Å². The van der Waals surface area contributed by atoms with Gasteiger partial charge in [0, 0.05) is 12.6 Å². The Hall–Kier alpha value is -1.02. The summed E-state index contributed by atoms with van der Waals surface area (Å²) in [7, 11) is -3.88. The van der Waals surface area contributed by atoms with Gasteiger partial charge in [-0.2, -0.15) is 13.2 Å². The molecule has 0 bridgehead atoms. The van der Waals surface area contributed by atoms with Crippen LogP contribution in [-0.4, -0.2) is 25.3 Å². The molecule has 0 aromatic carbocycles. The van der Waals surface area contributed by atoms with Gasteiger partial charge in [-0.05, 0) is 18.6 Å². The monoisotopic (exact) mass is 302 g/mol. The molecule has 0 aliphatic rings. The van der Waals surface area contributed by atoms with Crippen molar-refractivity contribution in [3.63, 3.8) is 0 Å². The van der Waals surface area contributed by atoms with Crippen molar-refractivity contribution in [1.29, 1.82) is 0 Å². The predicted molar refractivity (Wildman–Crippen MR) is 61.9 cm³/mol. The fourth-order valence-electron chi connectivity index (χ4n) is 1.12. The van der Waals surface area contributed by atoms with Crippen molar-refractivity contribution in [3.05, 3.63) is 23.4 Å². The first-order valence-electron chi connectivity index (χ1n) is 4.87. The van der Waals surface area contributed by atoms with Crippen LogP contribution in [0.3, 0.4) is 0 Å². The lowest BCUT2D eigenvalue weighted by Crippen LogP contribution is -2.19. The van der Waals surface area contributed by atoms with Gasteiger partial charge in [-0.3, -0.25) is 4.72 Å². The highest BCUT2D eigenvalue weighted by Gasteiger charge is 2.27. The summed E-state index contributed by atoms with van der Waals surface area (Å²) in [6.07, 6.45) is -4.70. The molecular weight excluding hydrogens is 293 g/mol. The van der Waals surface area contributed by atoms with Crippen LogP contribution in [-0.2, 0) is 10.0 Å². The van der Waals surface area contributed by atoms with Gasteiger partial charge in [-0.15, -0.1) is 0 Å². The molecule has 9 heteroatoms. The first-order chi connectivity index (χ1) is 8.20. The normalized spacial score (nSPS) is 12.4. The minimum Gasteiger partial charge on any atom is -0.266 e. The molecule has 0 aliphatic heterocycles. The number of alkyl halides is 3. The van der Waals surface area contributed by atoms with Crippen LogP contribution in [0.5, 0.6) is 0 Å². The molecule has 1 rings (SSSR count). The second-order valence-corrected chi connectivity index (χ2v) is 5.72. The van der Waals surface area contributed by atoms with Crippen LogP contribution >= 0.6 is 11.6 Å². The van der Waals surface area contributed by atoms with Crippen molar-refractivity contribution < 1.29 is 21.6 Å². The second kappa shape index (κ2) is 5.75. The van der Waals surface area contributed by atoms with Crippen LogP contribution in [0.25, 0.3) is 0 Å². The molecule has 0 saturated carbocycles. The van der Waals surface area contributed by atoms with Crippen LogP contribution in [0.1, 0.15) is 12.8 Å². The van der Waals surface area contributed by atoms with Crippen molar-refractivity contribution in [2.45, 2.75) is 19.0 Å². The molecular formula is C9H10ClF3N2O2S. The molecule has 0 amide bonds. The third kappa shape index (κ3) is 5.54. The van der Waals surface area contributed by atoms with E-state index >= 15 is 0 Å². The maximum atomic E-state index is 11.9. The number of anilines is 1. The summed E-state index contributed by atoms with van der Waals surface area (Å²) in [5.74, 6) is -0.731. The van der Waals surface area contributed by atoms with Crippen molar-refractivity contribution in [1.82, 2.24) is 4.98 Å². The lowest BCUT2D eigenvalue weighted by molar-refractivity contribution is -0.134. The van der Waals surface area contributed by atoms with Crippen molar-refractivity contribution >= 4 is 27.4 Å². The Balaban J connectivity index is 2.58. The van der Waals surface area contributed by atoms with Crippen LogP contribution in [0.4, 0.5) is 19.0 Å². The second-order valence-electron chi connectivity index (χ2n) is 3.47. The third-order valence-electron chi connectivity index (χ3n) is 1.88. The van der Waals surface area contributed by atoms with Crippen LogP contribution in [0.2, 0.25) is 5.02 Å². The Morgan fingerprint density at radius 2 is 2.06 bits per heavy atom. The summed E-state index contributed by atoms with van der Waals surface area (Å²) >= 11 is 5.67. The molecule has 18 heavy (non-hydrogen) atoms. The molecule has 0 unspecified atom stereocenters. The lowest BCUT2D eigenvalue weighted by atomic mass is 10.3. The molecule has 1 aromatic heterocycles. The van der Waals surface area contributed by atoms with E-state index in [2.05, 4.69) is 4.98 Å². The number of pyridine rings is 1. The van der Waals surface area contributed by atoms with E-state index < -0.39 is 34.8 Å². The van der Waals surface area contributed by atoms with E-state index in [0.717, 1.165) is 0 Å². The van der Waals surface area contributed by atoms with Gasteiger partial charge >= 0.3 is 6.18 Å². The zero-order valence-corrected chi connectivity index (χ0v) is 10.6. The third-order valence-corrected chi connectivity index (χ3v) is 3.52. The molecule has 0 saturated heterocycles. The molecule has 0 aliphatic carbocycles. The number of rotatable bonds is 5. The molecule has 1 aromatic rings. The average molecular weight is 303 g/mol. The van der Waals surface area contributed by atoms with Gasteiger partial charge in [-0.25, -0.2) is 13.4 Å². The molecule has 0 atom stereocenters. The average Bonchev–Trinajstić information content (AvgIpc) is 2.18. The topological polar surface area (TPSA) is 59.1 Å². The number of halogens is 4. The quantitative estimate of drug-likeness (QED) is 0.910. The first kappa shape index (κ1) is 15.0. The van der Waals surface area contributed by atoms with E-state index in [1.54, 1.807) is 0 Å². The summed E-state index contributed by atoms with van der Waals surface area (Å²) < 4.78 is 60.6. The smallest absolute Gasteiger partial charge is 0.266 e. The number of hydrogen-bond donors (Lipinski definition) is 1. The highest BCUT2D eigenvalue weighted by molar-refractivity contribution is 7.92. The van der Waals surface area contributed by atoms with Crippen molar-refractivity contribution in [2.24, 2.45) is 0 Å². The van der Waals surface area contributed by atoms with E-state index in [-0.39, 0.29) is 10.8 Å². The fourth-order valence-corrected chi connectivity index (χ4v) is 2.43. The highest BCUT2D eigenvalue weighted by atomic mass is 35.5. The molecule has 4 nitrogen and oxygen atoms in total. The molecule has 1 N–H and O–H groups in total. The maximum absolute atomic E-state index is 11.9.